The molecule has 0 radical (unpaired) electrons. The summed E-state index contributed by atoms with van der Waals surface area (Å²) < 4.78 is 0. The Balaban J connectivity index is 0. The van der Waals surface area contributed by atoms with Crippen molar-refractivity contribution >= 4 is 5.97 Å². The van der Waals surface area contributed by atoms with Crippen molar-refractivity contribution < 1.29 is 40.9 Å². The van der Waals surface area contributed by atoms with Gasteiger partial charge >= 0.3 is 35.5 Å². The number of carboxylic acid groups (broad SMARTS) is 1. The molecule has 0 saturated heterocycles. The van der Waals surface area contributed by atoms with Crippen LogP contribution in [-0.2, 0) is 6.42 Å². The number of unbranched alkanes of at least 4 members (excludes halogenated alkanes) is 2. The molecule has 3 heteroatoms. The first kappa shape index (κ1) is 14.7. The zero-order valence-electron chi connectivity index (χ0n) is 10.5. The number of rotatable bonds is 5. The molecule has 15 heavy (non-hydrogen) atoms. The summed E-state index contributed by atoms with van der Waals surface area (Å²) in [6.45, 7) is 2.17. The van der Waals surface area contributed by atoms with E-state index in [1.54, 1.807) is 12.1 Å². The van der Waals surface area contributed by atoms with E-state index in [1.165, 1.54) is 24.8 Å². The molecule has 0 aliphatic rings. The van der Waals surface area contributed by atoms with Gasteiger partial charge in [-0.15, -0.1) is 0 Å². The number of carboxylic acids is 1. The number of aryl methyl sites for hydroxylation is 1. The van der Waals surface area contributed by atoms with E-state index in [2.05, 4.69) is 6.92 Å². The fraction of sp³-hybridized carbons (Fsp3) is 0.417. The quantitative estimate of drug-likeness (QED) is 0.565. The first-order chi connectivity index (χ1) is 6.74. The van der Waals surface area contributed by atoms with Crippen LogP contribution in [0.15, 0.2) is 24.3 Å². The van der Waals surface area contributed by atoms with Gasteiger partial charge in [0.25, 0.3) is 0 Å². The first-order valence-electron chi connectivity index (χ1n) is 5.06. The fourth-order valence-electron chi connectivity index (χ4n) is 1.39. The molecule has 2 nitrogen and oxygen atoms in total. The molecule has 1 aromatic carbocycles. The van der Waals surface area contributed by atoms with Crippen molar-refractivity contribution in [1.29, 1.82) is 0 Å². The topological polar surface area (TPSA) is 37.3 Å². The predicted molar refractivity (Wildman–Crippen MR) is 57.7 cm³/mol. The Labute approximate surface area is 114 Å². The Morgan fingerprint density at radius 1 is 1.27 bits per heavy atom. The average molecular weight is 216 g/mol. The van der Waals surface area contributed by atoms with Gasteiger partial charge in [-0.05, 0) is 30.5 Å². The van der Waals surface area contributed by atoms with E-state index in [0.29, 0.717) is 5.56 Å². The van der Waals surface area contributed by atoms with E-state index in [4.69, 9.17) is 5.11 Å². The summed E-state index contributed by atoms with van der Waals surface area (Å²) in [6.07, 6.45) is 4.69. The normalized spacial score (nSPS) is 9.40. The van der Waals surface area contributed by atoms with Gasteiger partial charge < -0.3 is 6.53 Å². The Bertz CT molecular complexity index is 298. The van der Waals surface area contributed by atoms with Crippen LogP contribution >= 0.6 is 0 Å². The average Bonchev–Trinajstić information content (AvgIpc) is 2.19. The van der Waals surface area contributed by atoms with Crippen LogP contribution in [0.5, 0.6) is 0 Å². The molecule has 1 rings (SSSR count). The second kappa shape index (κ2) is 7.91. The van der Waals surface area contributed by atoms with Crippen LogP contribution in [0.2, 0.25) is 0 Å². The van der Waals surface area contributed by atoms with Crippen LogP contribution < -0.4 is 29.6 Å². The van der Waals surface area contributed by atoms with Gasteiger partial charge in [0, 0.05) is 0 Å². The Hall–Kier alpha value is -0.310. The van der Waals surface area contributed by atoms with Crippen LogP contribution in [-0.4, -0.2) is 11.1 Å². The number of aromatic carboxylic acids is 1. The molecule has 0 aromatic heterocycles. The van der Waals surface area contributed by atoms with Gasteiger partial charge in [-0.2, -0.15) is 0 Å². The van der Waals surface area contributed by atoms with Crippen LogP contribution in [0.3, 0.4) is 0 Å². The Morgan fingerprint density at radius 2 is 1.87 bits per heavy atom. The van der Waals surface area contributed by atoms with Gasteiger partial charge in [-0.1, -0.05) is 31.9 Å². The molecular weight excluding hydrogens is 199 g/mol. The van der Waals surface area contributed by atoms with Crippen LogP contribution in [0.4, 0.5) is 0 Å². The molecule has 0 aliphatic heterocycles. The third-order valence-corrected chi connectivity index (χ3v) is 2.27. The summed E-state index contributed by atoms with van der Waals surface area (Å²) in [4.78, 5) is 10.6. The summed E-state index contributed by atoms with van der Waals surface area (Å²) >= 11 is 0. The van der Waals surface area contributed by atoms with E-state index < -0.39 is 5.97 Å². The fourth-order valence-corrected chi connectivity index (χ4v) is 1.39. The zero-order chi connectivity index (χ0) is 10.4. The smallest absolute Gasteiger partial charge is 1.00 e. The minimum Gasteiger partial charge on any atom is -1.00 e. The maximum Gasteiger partial charge on any atom is 1.00 e. The zero-order valence-corrected chi connectivity index (χ0v) is 11.5. The molecule has 0 saturated carbocycles. The van der Waals surface area contributed by atoms with Gasteiger partial charge in [0.15, 0.2) is 0 Å². The molecule has 1 aromatic rings. The minimum atomic E-state index is -0.856. The van der Waals surface area contributed by atoms with E-state index in [9.17, 15) is 4.79 Å². The second-order valence-corrected chi connectivity index (χ2v) is 3.46. The predicted octanol–water partition coefficient (Wildman–Crippen LogP) is 0.234. The van der Waals surface area contributed by atoms with Gasteiger partial charge in [0.05, 0.1) is 5.56 Å². The van der Waals surface area contributed by atoms with Crippen LogP contribution in [0, 0.1) is 0 Å². The third-order valence-electron chi connectivity index (χ3n) is 2.27. The number of carbonyl (C=O) groups is 1. The summed E-state index contributed by atoms with van der Waals surface area (Å²) in [7, 11) is 0. The molecule has 0 bridgehead atoms. The van der Waals surface area contributed by atoms with Crippen molar-refractivity contribution in [2.45, 2.75) is 32.6 Å². The summed E-state index contributed by atoms with van der Waals surface area (Å²) in [5, 5.41) is 8.69. The van der Waals surface area contributed by atoms with E-state index in [0.717, 1.165) is 6.42 Å². The van der Waals surface area contributed by atoms with Crippen molar-refractivity contribution in [2.24, 2.45) is 0 Å². The van der Waals surface area contributed by atoms with Crippen molar-refractivity contribution in [1.82, 2.24) is 0 Å². The van der Waals surface area contributed by atoms with Crippen molar-refractivity contribution in [3.63, 3.8) is 0 Å². The summed E-state index contributed by atoms with van der Waals surface area (Å²) in [5.41, 5.74) is 1.59. The van der Waals surface area contributed by atoms with Crippen LogP contribution in [0.1, 0.15) is 43.5 Å². The Morgan fingerprint density at radius 3 is 2.33 bits per heavy atom. The summed E-state index contributed by atoms with van der Waals surface area (Å²) in [5.74, 6) is -0.856. The van der Waals surface area contributed by atoms with Gasteiger partial charge in [-0.25, -0.2) is 4.79 Å². The van der Waals surface area contributed by atoms with Crippen molar-refractivity contribution in [2.75, 3.05) is 0 Å². The van der Waals surface area contributed by atoms with E-state index in [1.807, 2.05) is 12.1 Å². The van der Waals surface area contributed by atoms with Gasteiger partial charge in [0.2, 0.25) is 0 Å². The molecule has 0 unspecified atom stereocenters. The largest absolute Gasteiger partial charge is 1.00 e. The van der Waals surface area contributed by atoms with Gasteiger partial charge in [-0.3, -0.25) is 0 Å². The third kappa shape index (κ3) is 5.36. The van der Waals surface area contributed by atoms with Crippen molar-refractivity contribution in [3.05, 3.63) is 35.4 Å². The first-order valence-corrected chi connectivity index (χ1v) is 5.06. The molecule has 0 heterocycles. The molecule has 0 amide bonds. The maximum atomic E-state index is 10.6. The molecule has 0 aliphatic carbocycles. The minimum absolute atomic E-state index is 0. The molecule has 0 atom stereocenters. The molecule has 0 fully saturated rings. The van der Waals surface area contributed by atoms with Crippen LogP contribution in [0.25, 0.3) is 0 Å². The van der Waals surface area contributed by atoms with Crippen molar-refractivity contribution in [3.8, 4) is 0 Å². The summed E-state index contributed by atoms with van der Waals surface area (Å²) in [6, 6.07) is 7.14. The number of benzene rings is 1. The standard InChI is InChI=1S/C12H16O2.Na.H/c1-2-3-4-5-10-6-8-11(9-7-10)12(13)14;;/h6-9H,2-5H2,1H3,(H,13,14);;/q;+1;-1. The van der Waals surface area contributed by atoms with E-state index >= 15 is 0 Å². The molecule has 1 N–H and O–H groups in total. The SMILES string of the molecule is CCCCCc1ccc(C(=O)O)cc1.[H-].[Na+]. The maximum absolute atomic E-state index is 10.6. The molecule has 78 valence electrons. The second-order valence-electron chi connectivity index (χ2n) is 3.46. The Kier molecular flexibility index (Phi) is 7.75. The molecule has 0 spiro atoms. The van der Waals surface area contributed by atoms with Gasteiger partial charge in [0.1, 0.15) is 0 Å². The monoisotopic (exact) mass is 216 g/mol. The molecular formula is C12H17NaO2. The number of hydrogen-bond acceptors (Lipinski definition) is 1. The number of hydrogen-bond donors (Lipinski definition) is 1. The van der Waals surface area contributed by atoms with E-state index in [-0.39, 0.29) is 31.0 Å².